The fourth-order valence-electron chi connectivity index (χ4n) is 3.95. The molecule has 0 unspecified atom stereocenters. The topological polar surface area (TPSA) is 96.2 Å². The molecule has 9 heteroatoms. The van der Waals surface area contributed by atoms with Crippen molar-refractivity contribution in [3.05, 3.63) is 84.6 Å². The monoisotopic (exact) mass is 468 g/mol. The summed E-state index contributed by atoms with van der Waals surface area (Å²) >= 11 is 0. The van der Waals surface area contributed by atoms with Crippen LogP contribution in [0.15, 0.2) is 73.2 Å². The predicted molar refractivity (Wildman–Crippen MR) is 133 cm³/mol. The molecule has 0 aliphatic carbocycles. The maximum Gasteiger partial charge on any atom is 0.229 e. The van der Waals surface area contributed by atoms with Crippen molar-refractivity contribution in [2.24, 2.45) is 0 Å². The third kappa shape index (κ3) is 4.43. The molecule has 176 valence electrons. The Morgan fingerprint density at radius 2 is 1.66 bits per heavy atom. The highest BCUT2D eigenvalue weighted by Crippen LogP contribution is 2.40. The van der Waals surface area contributed by atoms with Gasteiger partial charge in [0.25, 0.3) is 0 Å². The molecule has 35 heavy (non-hydrogen) atoms. The number of rotatable bonds is 8. The van der Waals surface area contributed by atoms with Gasteiger partial charge in [-0.25, -0.2) is 9.97 Å². The van der Waals surface area contributed by atoms with Gasteiger partial charge >= 0.3 is 0 Å². The molecule has 5 aromatic rings. The first-order valence-corrected chi connectivity index (χ1v) is 11.0. The van der Waals surface area contributed by atoms with E-state index in [2.05, 4.69) is 15.3 Å². The molecular weight excluding hydrogens is 444 g/mol. The molecule has 3 aromatic heterocycles. The molecule has 5 rings (SSSR count). The van der Waals surface area contributed by atoms with E-state index < -0.39 is 0 Å². The predicted octanol–water partition coefficient (Wildman–Crippen LogP) is 4.57. The summed E-state index contributed by atoms with van der Waals surface area (Å²) in [6.45, 7) is 0. The summed E-state index contributed by atoms with van der Waals surface area (Å²) < 4.78 is 18.4. The maximum absolute atomic E-state index is 5.46. The molecule has 2 aromatic carbocycles. The Morgan fingerprint density at radius 1 is 0.857 bits per heavy atom. The van der Waals surface area contributed by atoms with Gasteiger partial charge in [0.1, 0.15) is 11.6 Å². The summed E-state index contributed by atoms with van der Waals surface area (Å²) in [4.78, 5) is 18.3. The zero-order valence-electron chi connectivity index (χ0n) is 19.6. The lowest BCUT2D eigenvalue weighted by Crippen LogP contribution is -2.07. The average molecular weight is 469 g/mol. The van der Waals surface area contributed by atoms with Crippen molar-refractivity contribution < 1.29 is 14.2 Å². The third-order valence-electron chi connectivity index (χ3n) is 5.51. The molecule has 0 saturated carbocycles. The van der Waals surface area contributed by atoms with Crippen LogP contribution in [0.25, 0.3) is 16.9 Å². The van der Waals surface area contributed by atoms with Crippen LogP contribution < -0.4 is 19.5 Å². The molecule has 1 N–H and O–H groups in total. The highest BCUT2D eigenvalue weighted by molar-refractivity contribution is 5.78. The summed E-state index contributed by atoms with van der Waals surface area (Å²) in [5.74, 6) is 3.55. The lowest BCUT2D eigenvalue weighted by Gasteiger charge is -2.15. The zero-order chi connectivity index (χ0) is 24.2. The van der Waals surface area contributed by atoms with Gasteiger partial charge in [-0.2, -0.15) is 4.98 Å². The summed E-state index contributed by atoms with van der Waals surface area (Å²) in [5, 5.41) is 3.24. The van der Waals surface area contributed by atoms with Gasteiger partial charge < -0.3 is 19.5 Å². The molecule has 9 nitrogen and oxygen atoms in total. The van der Waals surface area contributed by atoms with Crippen molar-refractivity contribution in [3.63, 3.8) is 0 Å². The minimum Gasteiger partial charge on any atom is -0.493 e. The summed E-state index contributed by atoms with van der Waals surface area (Å²) in [6.07, 6.45) is 5.94. The van der Waals surface area contributed by atoms with E-state index in [-0.39, 0.29) is 0 Å². The van der Waals surface area contributed by atoms with Crippen LogP contribution in [0.5, 0.6) is 17.2 Å². The van der Waals surface area contributed by atoms with Crippen LogP contribution >= 0.6 is 0 Å². The normalized spacial score (nSPS) is 10.8. The number of imidazole rings is 1. The summed E-state index contributed by atoms with van der Waals surface area (Å²) in [6, 6.07) is 17.4. The number of hydrogen-bond acceptors (Lipinski definition) is 8. The van der Waals surface area contributed by atoms with Crippen LogP contribution in [0.3, 0.4) is 0 Å². The minimum atomic E-state index is 0.418. The Morgan fingerprint density at radius 3 is 2.37 bits per heavy atom. The Balaban J connectivity index is 1.54. The Bertz CT molecular complexity index is 1440. The second kappa shape index (κ2) is 9.68. The Hall–Kier alpha value is -4.66. The van der Waals surface area contributed by atoms with Crippen molar-refractivity contribution in [2.75, 3.05) is 26.6 Å². The first-order valence-electron chi connectivity index (χ1n) is 11.0. The van der Waals surface area contributed by atoms with Gasteiger partial charge in [-0.1, -0.05) is 18.2 Å². The summed E-state index contributed by atoms with van der Waals surface area (Å²) in [7, 11) is 4.72. The van der Waals surface area contributed by atoms with Gasteiger partial charge in [0.05, 0.1) is 32.4 Å². The first kappa shape index (κ1) is 22.1. The van der Waals surface area contributed by atoms with E-state index in [0.29, 0.717) is 41.1 Å². The van der Waals surface area contributed by atoms with Crippen molar-refractivity contribution in [1.29, 1.82) is 0 Å². The number of fused-ring (bicyclic) bond motifs is 1. The van der Waals surface area contributed by atoms with E-state index in [1.165, 1.54) is 0 Å². The van der Waals surface area contributed by atoms with Crippen LogP contribution in [0.1, 0.15) is 11.4 Å². The number of hydrogen-bond donors (Lipinski definition) is 1. The molecule has 0 spiro atoms. The highest BCUT2D eigenvalue weighted by atomic mass is 16.5. The van der Waals surface area contributed by atoms with E-state index in [1.54, 1.807) is 45.9 Å². The number of anilines is 2. The lowest BCUT2D eigenvalue weighted by molar-refractivity contribution is 0.324. The molecule has 3 heterocycles. The molecule has 0 saturated heterocycles. The lowest BCUT2D eigenvalue weighted by atomic mass is 10.2. The van der Waals surface area contributed by atoms with Gasteiger partial charge in [-0.3, -0.25) is 9.55 Å². The number of nitrogens with zero attached hydrogens (tertiary/aromatic N) is 5. The number of aromatic nitrogens is 5. The van der Waals surface area contributed by atoms with Crippen LogP contribution in [0, 0.1) is 0 Å². The number of para-hydroxylation sites is 2. The Kier molecular flexibility index (Phi) is 6.13. The first-order chi connectivity index (χ1) is 17.2. The maximum atomic E-state index is 5.46. The second-order valence-electron chi connectivity index (χ2n) is 7.67. The van der Waals surface area contributed by atoms with E-state index >= 15 is 0 Å². The number of nitrogens with one attached hydrogen (secondary N) is 1. The van der Waals surface area contributed by atoms with Crippen LogP contribution in [-0.2, 0) is 6.42 Å². The molecule has 0 amide bonds. The number of pyridine rings is 1. The van der Waals surface area contributed by atoms with Gasteiger partial charge in [-0.05, 0) is 29.8 Å². The molecule has 0 aliphatic heterocycles. The molecule has 0 fully saturated rings. The van der Waals surface area contributed by atoms with E-state index in [9.17, 15) is 0 Å². The molecule has 0 bridgehead atoms. The van der Waals surface area contributed by atoms with Crippen LogP contribution in [0.2, 0.25) is 0 Å². The van der Waals surface area contributed by atoms with Gasteiger partial charge in [0, 0.05) is 42.8 Å². The largest absolute Gasteiger partial charge is 0.493 e. The van der Waals surface area contributed by atoms with Crippen molar-refractivity contribution >= 4 is 22.7 Å². The van der Waals surface area contributed by atoms with E-state index in [4.69, 9.17) is 24.2 Å². The minimum absolute atomic E-state index is 0.418. The molecule has 0 radical (unpaired) electrons. The number of ether oxygens (including phenoxy) is 3. The second-order valence-corrected chi connectivity index (χ2v) is 7.67. The molecule has 0 aliphatic rings. The number of methoxy groups -OCH3 is 3. The zero-order valence-corrected chi connectivity index (χ0v) is 19.6. The fourth-order valence-corrected chi connectivity index (χ4v) is 3.95. The fraction of sp³-hybridized carbons (Fsp3) is 0.154. The third-order valence-corrected chi connectivity index (χ3v) is 5.51. The average Bonchev–Trinajstić information content (AvgIpc) is 3.26. The SMILES string of the molecule is COc1cc(Nc2nccc(-n3c(Cc4cccnc4)nc4ccccc43)n2)cc(OC)c1OC. The molecule has 0 atom stereocenters. The standard InChI is InChI=1S/C26H24N6O3/c1-33-21-14-18(15-22(34-2)25(21)35-3)29-26-28-12-10-23(31-26)32-20-9-5-4-8-19(20)30-24(32)13-17-7-6-11-27-16-17/h4-12,14-16H,13H2,1-3H3,(H,28,29,31). The number of benzene rings is 2. The van der Waals surface area contributed by atoms with E-state index in [0.717, 1.165) is 22.4 Å². The Labute approximate surface area is 202 Å². The van der Waals surface area contributed by atoms with Crippen molar-refractivity contribution in [3.8, 4) is 23.1 Å². The van der Waals surface area contributed by atoms with Crippen LogP contribution in [0.4, 0.5) is 11.6 Å². The smallest absolute Gasteiger partial charge is 0.229 e. The van der Waals surface area contributed by atoms with Crippen molar-refractivity contribution in [1.82, 2.24) is 24.5 Å². The molecular formula is C26H24N6O3. The van der Waals surface area contributed by atoms with E-state index in [1.807, 2.05) is 53.2 Å². The van der Waals surface area contributed by atoms with Crippen LogP contribution in [-0.4, -0.2) is 45.8 Å². The quantitative estimate of drug-likeness (QED) is 0.354. The van der Waals surface area contributed by atoms with Gasteiger partial charge in [0.15, 0.2) is 11.5 Å². The summed E-state index contributed by atoms with van der Waals surface area (Å²) in [5.41, 5.74) is 3.62. The van der Waals surface area contributed by atoms with Crippen molar-refractivity contribution in [2.45, 2.75) is 6.42 Å². The highest BCUT2D eigenvalue weighted by Gasteiger charge is 2.16. The van der Waals surface area contributed by atoms with Gasteiger partial charge in [-0.15, -0.1) is 0 Å². The van der Waals surface area contributed by atoms with Gasteiger partial charge in [0.2, 0.25) is 11.7 Å².